The van der Waals surface area contributed by atoms with E-state index in [4.69, 9.17) is 0 Å². The highest BCUT2D eigenvalue weighted by molar-refractivity contribution is 6.09. The molecule has 0 fully saturated rings. The van der Waals surface area contributed by atoms with Crippen LogP contribution in [0.2, 0.25) is 0 Å². The minimum absolute atomic E-state index is 0.134. The van der Waals surface area contributed by atoms with Crippen LogP contribution >= 0.6 is 0 Å². The van der Waals surface area contributed by atoms with Crippen LogP contribution in [-0.2, 0) is 16.0 Å². The molecule has 1 aliphatic rings. The Morgan fingerprint density at radius 3 is 2.54 bits per heavy atom. The fraction of sp³-hybridized carbons (Fsp3) is 0.250. The van der Waals surface area contributed by atoms with Crippen molar-refractivity contribution < 1.29 is 14.4 Å². The molecule has 0 unspecified atom stereocenters. The summed E-state index contributed by atoms with van der Waals surface area (Å²) in [7, 11) is 0. The van der Waals surface area contributed by atoms with Gasteiger partial charge in [0.25, 0.3) is 5.91 Å². The molecule has 0 saturated heterocycles. The van der Waals surface area contributed by atoms with Crippen molar-refractivity contribution in [1.82, 2.24) is 10.6 Å². The molecule has 3 N–H and O–H groups in total. The summed E-state index contributed by atoms with van der Waals surface area (Å²) in [6.45, 7) is 0.539. The first-order valence-electron chi connectivity index (χ1n) is 8.65. The molecule has 1 aliphatic heterocycles. The van der Waals surface area contributed by atoms with Crippen molar-refractivity contribution in [1.29, 1.82) is 0 Å². The van der Waals surface area contributed by atoms with Crippen molar-refractivity contribution >= 4 is 23.4 Å². The van der Waals surface area contributed by atoms with Gasteiger partial charge in [-0.2, -0.15) is 0 Å². The van der Waals surface area contributed by atoms with Gasteiger partial charge in [0.2, 0.25) is 11.8 Å². The van der Waals surface area contributed by atoms with Crippen molar-refractivity contribution in [3.8, 4) is 0 Å². The van der Waals surface area contributed by atoms with Crippen LogP contribution in [0.25, 0.3) is 0 Å². The van der Waals surface area contributed by atoms with Gasteiger partial charge >= 0.3 is 0 Å². The molecule has 0 radical (unpaired) electrons. The lowest BCUT2D eigenvalue weighted by atomic mass is 10.1. The molecule has 1 atom stereocenters. The van der Waals surface area contributed by atoms with Crippen LogP contribution in [0, 0.1) is 0 Å². The molecule has 2 aromatic carbocycles. The van der Waals surface area contributed by atoms with Crippen LogP contribution < -0.4 is 16.0 Å². The van der Waals surface area contributed by atoms with Crippen LogP contribution in [0.1, 0.15) is 28.8 Å². The number of anilines is 1. The number of benzene rings is 2. The summed E-state index contributed by atoms with van der Waals surface area (Å²) in [4.78, 5) is 36.5. The molecule has 2 aromatic rings. The summed E-state index contributed by atoms with van der Waals surface area (Å²) in [5.74, 6) is -0.751. The Balaban J connectivity index is 1.47. The van der Waals surface area contributed by atoms with Gasteiger partial charge in [0, 0.05) is 13.0 Å². The molecular formula is C20H21N3O3. The van der Waals surface area contributed by atoms with E-state index < -0.39 is 6.04 Å². The highest BCUT2D eigenvalue weighted by atomic mass is 16.2. The Labute approximate surface area is 152 Å². The number of carbonyl (C=O) groups excluding carboxylic acids is 3. The van der Waals surface area contributed by atoms with Gasteiger partial charge in [0.15, 0.2) is 0 Å². The van der Waals surface area contributed by atoms with Gasteiger partial charge in [0.05, 0.1) is 11.3 Å². The topological polar surface area (TPSA) is 87.3 Å². The highest BCUT2D eigenvalue weighted by Gasteiger charge is 2.27. The summed E-state index contributed by atoms with van der Waals surface area (Å²) < 4.78 is 0. The summed E-state index contributed by atoms with van der Waals surface area (Å²) in [6, 6.07) is 16.0. The van der Waals surface area contributed by atoms with E-state index in [0.717, 1.165) is 12.0 Å². The van der Waals surface area contributed by atoms with Crippen molar-refractivity contribution in [3.05, 3.63) is 65.7 Å². The average molecular weight is 351 g/mol. The van der Waals surface area contributed by atoms with Gasteiger partial charge in [0.1, 0.15) is 6.04 Å². The second-order valence-corrected chi connectivity index (χ2v) is 6.19. The van der Waals surface area contributed by atoms with Crippen molar-refractivity contribution in [2.45, 2.75) is 25.3 Å². The van der Waals surface area contributed by atoms with Crippen LogP contribution in [0.4, 0.5) is 5.69 Å². The number of rotatable bonds is 6. The van der Waals surface area contributed by atoms with E-state index in [1.54, 1.807) is 24.3 Å². The zero-order chi connectivity index (χ0) is 18.4. The molecule has 0 bridgehead atoms. The number of hydrogen-bond acceptors (Lipinski definition) is 3. The molecule has 6 nitrogen and oxygen atoms in total. The maximum Gasteiger partial charge on any atom is 0.254 e. The normalized spacial score (nSPS) is 16.1. The van der Waals surface area contributed by atoms with E-state index in [0.29, 0.717) is 17.8 Å². The Bertz CT molecular complexity index is 805. The second kappa shape index (κ2) is 8.29. The maximum absolute atomic E-state index is 12.3. The number of carbonyl (C=O) groups is 3. The lowest BCUT2D eigenvalue weighted by Crippen LogP contribution is -2.42. The predicted molar refractivity (Wildman–Crippen MR) is 98.7 cm³/mol. The smallest absolute Gasteiger partial charge is 0.254 e. The summed E-state index contributed by atoms with van der Waals surface area (Å²) in [5.41, 5.74) is 2.07. The summed E-state index contributed by atoms with van der Waals surface area (Å²) >= 11 is 0. The SMILES string of the molecule is O=C(CC[C@H]1NC(=O)c2ccccc2NC1=O)NCCc1ccccc1. The van der Waals surface area contributed by atoms with E-state index in [1.807, 2.05) is 30.3 Å². The van der Waals surface area contributed by atoms with E-state index in [9.17, 15) is 14.4 Å². The van der Waals surface area contributed by atoms with Crippen molar-refractivity contribution in [2.24, 2.45) is 0 Å². The molecule has 0 aliphatic carbocycles. The maximum atomic E-state index is 12.3. The van der Waals surface area contributed by atoms with Gasteiger partial charge in [-0.1, -0.05) is 42.5 Å². The average Bonchev–Trinajstić information content (AvgIpc) is 2.77. The molecule has 0 saturated carbocycles. The largest absolute Gasteiger partial charge is 0.356 e. The first-order valence-corrected chi connectivity index (χ1v) is 8.65. The quantitative estimate of drug-likeness (QED) is 0.742. The number of fused-ring (bicyclic) bond motifs is 1. The van der Waals surface area contributed by atoms with Crippen LogP contribution in [-0.4, -0.2) is 30.3 Å². The number of nitrogens with one attached hydrogen (secondary N) is 3. The fourth-order valence-electron chi connectivity index (χ4n) is 2.87. The van der Waals surface area contributed by atoms with E-state index in [2.05, 4.69) is 16.0 Å². The van der Waals surface area contributed by atoms with Gasteiger partial charge in [-0.25, -0.2) is 0 Å². The Morgan fingerprint density at radius 2 is 1.73 bits per heavy atom. The molecule has 134 valence electrons. The van der Waals surface area contributed by atoms with E-state index in [-0.39, 0.29) is 30.6 Å². The van der Waals surface area contributed by atoms with Gasteiger partial charge in [-0.3, -0.25) is 14.4 Å². The van der Waals surface area contributed by atoms with Crippen LogP contribution in [0.15, 0.2) is 54.6 Å². The number of amides is 3. The zero-order valence-corrected chi connectivity index (χ0v) is 14.3. The van der Waals surface area contributed by atoms with Crippen LogP contribution in [0.5, 0.6) is 0 Å². The van der Waals surface area contributed by atoms with Gasteiger partial charge < -0.3 is 16.0 Å². The van der Waals surface area contributed by atoms with Crippen molar-refractivity contribution in [2.75, 3.05) is 11.9 Å². The molecule has 0 spiro atoms. The Hall–Kier alpha value is -3.15. The predicted octanol–water partition coefficient (Wildman–Crippen LogP) is 1.88. The minimum atomic E-state index is -0.727. The Kier molecular flexibility index (Phi) is 5.63. The third-order valence-corrected chi connectivity index (χ3v) is 4.29. The molecule has 0 aromatic heterocycles. The van der Waals surface area contributed by atoms with Gasteiger partial charge in [-0.05, 0) is 30.5 Å². The van der Waals surface area contributed by atoms with Crippen molar-refractivity contribution in [3.63, 3.8) is 0 Å². The molecule has 3 amide bonds. The van der Waals surface area contributed by atoms with E-state index in [1.165, 1.54) is 0 Å². The molecule has 3 rings (SSSR count). The first-order chi connectivity index (χ1) is 12.6. The molecular weight excluding hydrogens is 330 g/mol. The monoisotopic (exact) mass is 351 g/mol. The van der Waals surface area contributed by atoms with E-state index >= 15 is 0 Å². The standard InChI is InChI=1S/C20H21N3O3/c24-18(21-13-12-14-6-2-1-3-7-14)11-10-17-20(26)22-16-9-5-4-8-15(16)19(25)23-17/h1-9,17H,10-13H2,(H,21,24)(H,22,26)(H,23,25)/t17-/m1/s1. The first kappa shape index (κ1) is 17.7. The zero-order valence-electron chi connectivity index (χ0n) is 14.3. The summed E-state index contributed by atoms with van der Waals surface area (Å²) in [5, 5.41) is 8.27. The fourth-order valence-corrected chi connectivity index (χ4v) is 2.87. The number of hydrogen-bond donors (Lipinski definition) is 3. The number of para-hydroxylation sites is 1. The minimum Gasteiger partial charge on any atom is -0.356 e. The lowest BCUT2D eigenvalue weighted by molar-refractivity contribution is -0.121. The lowest BCUT2D eigenvalue weighted by Gasteiger charge is -2.14. The van der Waals surface area contributed by atoms with Gasteiger partial charge in [-0.15, -0.1) is 0 Å². The molecule has 6 heteroatoms. The Morgan fingerprint density at radius 1 is 1.00 bits per heavy atom. The highest BCUT2D eigenvalue weighted by Crippen LogP contribution is 2.19. The third kappa shape index (κ3) is 4.47. The molecule has 26 heavy (non-hydrogen) atoms. The van der Waals surface area contributed by atoms with Crippen LogP contribution in [0.3, 0.4) is 0 Å². The second-order valence-electron chi connectivity index (χ2n) is 6.19. The summed E-state index contributed by atoms with van der Waals surface area (Å²) in [6.07, 6.45) is 1.18. The third-order valence-electron chi connectivity index (χ3n) is 4.29. The molecule has 1 heterocycles.